The molecular formula is C8H9FN2OS. The molecule has 0 aliphatic heterocycles. The number of nitrogens with one attached hydrogen (secondary N) is 1. The summed E-state index contributed by atoms with van der Waals surface area (Å²) in [6.07, 6.45) is 0. The van der Waals surface area contributed by atoms with Crippen LogP contribution in [0.15, 0.2) is 12.1 Å². The van der Waals surface area contributed by atoms with E-state index in [9.17, 15) is 9.50 Å². The van der Waals surface area contributed by atoms with E-state index in [2.05, 4.69) is 17.5 Å². The second-order valence-electron chi connectivity index (χ2n) is 2.56. The summed E-state index contributed by atoms with van der Waals surface area (Å²) in [7, 11) is 0. The van der Waals surface area contributed by atoms with E-state index in [4.69, 9.17) is 5.73 Å². The third-order valence-corrected chi connectivity index (χ3v) is 1.72. The van der Waals surface area contributed by atoms with E-state index in [0.29, 0.717) is 5.69 Å². The topological polar surface area (TPSA) is 58.3 Å². The number of hydrogen-bond donors (Lipinski definition) is 3. The SMILES string of the molecule is Cc1c(F)ccc(NC(N)=S)c1O. The Morgan fingerprint density at radius 2 is 2.23 bits per heavy atom. The second-order valence-corrected chi connectivity index (χ2v) is 3.00. The normalized spacial score (nSPS) is 9.69. The quantitative estimate of drug-likeness (QED) is 0.475. The lowest BCUT2D eigenvalue weighted by molar-refractivity contribution is 0.465. The monoisotopic (exact) mass is 200 g/mol. The van der Waals surface area contributed by atoms with Gasteiger partial charge in [-0.3, -0.25) is 0 Å². The molecule has 0 saturated carbocycles. The average molecular weight is 200 g/mol. The minimum absolute atomic E-state index is 0.0290. The van der Waals surface area contributed by atoms with Gasteiger partial charge in [0.1, 0.15) is 11.6 Å². The van der Waals surface area contributed by atoms with Gasteiger partial charge in [-0.25, -0.2) is 4.39 Å². The highest BCUT2D eigenvalue weighted by Crippen LogP contribution is 2.28. The zero-order chi connectivity index (χ0) is 10.0. The Morgan fingerprint density at radius 1 is 1.62 bits per heavy atom. The van der Waals surface area contributed by atoms with Crippen LogP contribution in [0.4, 0.5) is 10.1 Å². The zero-order valence-electron chi connectivity index (χ0n) is 6.97. The van der Waals surface area contributed by atoms with Gasteiger partial charge >= 0.3 is 0 Å². The number of rotatable bonds is 1. The highest BCUT2D eigenvalue weighted by Gasteiger charge is 2.08. The first kappa shape index (κ1) is 9.73. The maximum Gasteiger partial charge on any atom is 0.168 e. The molecule has 0 amide bonds. The Kier molecular flexibility index (Phi) is 2.67. The Bertz CT molecular complexity index is 354. The molecule has 70 valence electrons. The lowest BCUT2D eigenvalue weighted by Gasteiger charge is -2.08. The molecule has 5 heteroatoms. The molecule has 0 radical (unpaired) electrons. The first-order valence-electron chi connectivity index (χ1n) is 3.57. The summed E-state index contributed by atoms with van der Waals surface area (Å²) in [6, 6.07) is 2.60. The maximum absolute atomic E-state index is 12.8. The number of nitrogens with two attached hydrogens (primary N) is 1. The molecule has 1 aromatic rings. The number of halogens is 1. The fourth-order valence-corrected chi connectivity index (χ4v) is 1.02. The van der Waals surface area contributed by atoms with E-state index in [-0.39, 0.29) is 16.4 Å². The predicted molar refractivity (Wildman–Crippen MR) is 53.2 cm³/mol. The van der Waals surface area contributed by atoms with Crippen LogP contribution in [0, 0.1) is 12.7 Å². The van der Waals surface area contributed by atoms with E-state index in [1.807, 2.05) is 0 Å². The van der Waals surface area contributed by atoms with Gasteiger partial charge in [0.2, 0.25) is 0 Å². The molecule has 0 fully saturated rings. The minimum atomic E-state index is -0.467. The van der Waals surface area contributed by atoms with Gasteiger partial charge in [-0.05, 0) is 31.3 Å². The molecule has 0 saturated heterocycles. The molecule has 0 aliphatic carbocycles. The van der Waals surface area contributed by atoms with Gasteiger partial charge in [0.05, 0.1) is 5.69 Å². The molecule has 0 aliphatic rings. The number of hydrogen-bond acceptors (Lipinski definition) is 2. The van der Waals surface area contributed by atoms with Gasteiger partial charge in [-0.15, -0.1) is 0 Å². The van der Waals surface area contributed by atoms with Gasteiger partial charge in [0.15, 0.2) is 5.11 Å². The first-order valence-corrected chi connectivity index (χ1v) is 3.97. The molecule has 0 atom stereocenters. The summed E-state index contributed by atoms with van der Waals surface area (Å²) in [5.41, 5.74) is 5.68. The zero-order valence-corrected chi connectivity index (χ0v) is 7.78. The fraction of sp³-hybridized carbons (Fsp3) is 0.125. The number of anilines is 1. The number of benzene rings is 1. The molecule has 0 heterocycles. The summed E-state index contributed by atoms with van der Waals surface area (Å²) in [4.78, 5) is 0. The Morgan fingerprint density at radius 3 is 2.77 bits per heavy atom. The van der Waals surface area contributed by atoms with Crippen molar-refractivity contribution in [1.82, 2.24) is 0 Å². The van der Waals surface area contributed by atoms with Crippen molar-refractivity contribution >= 4 is 23.0 Å². The average Bonchev–Trinajstić information content (AvgIpc) is 2.06. The highest BCUT2D eigenvalue weighted by atomic mass is 32.1. The van der Waals surface area contributed by atoms with Crippen LogP contribution in [-0.2, 0) is 0 Å². The summed E-state index contributed by atoms with van der Waals surface area (Å²) < 4.78 is 12.8. The van der Waals surface area contributed by atoms with E-state index >= 15 is 0 Å². The van der Waals surface area contributed by atoms with Gasteiger partial charge in [-0.2, -0.15) is 0 Å². The molecule has 0 unspecified atom stereocenters. The molecule has 1 rings (SSSR count). The van der Waals surface area contributed by atoms with Gasteiger partial charge in [-0.1, -0.05) is 0 Å². The van der Waals surface area contributed by atoms with Crippen LogP contribution in [0.3, 0.4) is 0 Å². The van der Waals surface area contributed by atoms with E-state index in [1.165, 1.54) is 19.1 Å². The van der Waals surface area contributed by atoms with Crippen molar-refractivity contribution in [2.45, 2.75) is 6.92 Å². The van der Waals surface area contributed by atoms with Crippen LogP contribution >= 0.6 is 12.2 Å². The lowest BCUT2D eigenvalue weighted by atomic mass is 10.2. The second kappa shape index (κ2) is 3.57. The van der Waals surface area contributed by atoms with Crippen molar-refractivity contribution in [2.75, 3.05) is 5.32 Å². The first-order chi connectivity index (χ1) is 6.02. The van der Waals surface area contributed by atoms with Crippen LogP contribution in [0.5, 0.6) is 5.75 Å². The molecule has 3 nitrogen and oxygen atoms in total. The van der Waals surface area contributed by atoms with Crippen LogP contribution in [-0.4, -0.2) is 10.2 Å². The van der Waals surface area contributed by atoms with Crippen LogP contribution in [0.2, 0.25) is 0 Å². The lowest BCUT2D eigenvalue weighted by Crippen LogP contribution is -2.19. The summed E-state index contributed by atoms with van der Waals surface area (Å²) in [6.45, 7) is 1.47. The molecule has 1 aromatic carbocycles. The summed E-state index contributed by atoms with van der Waals surface area (Å²) in [5.74, 6) is -0.640. The number of aromatic hydroxyl groups is 1. The third kappa shape index (κ3) is 2.06. The number of thiocarbonyl (C=S) groups is 1. The molecule has 0 aromatic heterocycles. The number of phenolic OH excluding ortho intramolecular Hbond substituents is 1. The highest BCUT2D eigenvalue weighted by molar-refractivity contribution is 7.80. The Hall–Kier alpha value is -1.36. The molecule has 0 bridgehead atoms. The van der Waals surface area contributed by atoms with E-state index < -0.39 is 5.82 Å². The summed E-state index contributed by atoms with van der Waals surface area (Å²) >= 11 is 4.58. The smallest absolute Gasteiger partial charge is 0.168 e. The van der Waals surface area contributed by atoms with Crippen LogP contribution in [0.25, 0.3) is 0 Å². The van der Waals surface area contributed by atoms with E-state index in [1.54, 1.807) is 0 Å². The van der Waals surface area contributed by atoms with Gasteiger partial charge in [0, 0.05) is 5.56 Å². The summed E-state index contributed by atoms with van der Waals surface area (Å²) in [5, 5.41) is 12.0. The Labute approximate surface area is 80.4 Å². The predicted octanol–water partition coefficient (Wildman–Crippen LogP) is 1.50. The number of phenols is 1. The Balaban J connectivity index is 3.10. The fourth-order valence-electron chi connectivity index (χ4n) is 0.909. The van der Waals surface area contributed by atoms with Gasteiger partial charge in [0.25, 0.3) is 0 Å². The van der Waals surface area contributed by atoms with Crippen molar-refractivity contribution in [3.63, 3.8) is 0 Å². The molecule has 0 spiro atoms. The van der Waals surface area contributed by atoms with Crippen LogP contribution in [0.1, 0.15) is 5.56 Å². The molecule has 4 N–H and O–H groups in total. The minimum Gasteiger partial charge on any atom is -0.505 e. The third-order valence-electron chi connectivity index (χ3n) is 1.62. The van der Waals surface area contributed by atoms with E-state index in [0.717, 1.165) is 0 Å². The largest absolute Gasteiger partial charge is 0.505 e. The van der Waals surface area contributed by atoms with Crippen LogP contribution < -0.4 is 11.1 Å². The van der Waals surface area contributed by atoms with Crippen molar-refractivity contribution in [1.29, 1.82) is 0 Å². The molecule has 13 heavy (non-hydrogen) atoms. The van der Waals surface area contributed by atoms with Crippen molar-refractivity contribution < 1.29 is 9.50 Å². The molecular weight excluding hydrogens is 191 g/mol. The van der Waals surface area contributed by atoms with Crippen molar-refractivity contribution in [2.24, 2.45) is 5.73 Å². The maximum atomic E-state index is 12.8. The van der Waals surface area contributed by atoms with Crippen molar-refractivity contribution in [3.05, 3.63) is 23.5 Å². The van der Waals surface area contributed by atoms with Gasteiger partial charge < -0.3 is 16.2 Å². The standard InChI is InChI=1S/C8H9FN2OS/c1-4-5(9)2-3-6(7(4)12)11-8(10)13/h2-3,12H,1H3,(H3,10,11,13). The van der Waals surface area contributed by atoms with Crippen molar-refractivity contribution in [3.8, 4) is 5.75 Å².